The molecule has 6 nitrogen and oxygen atoms in total. The van der Waals surface area contributed by atoms with E-state index in [-0.39, 0.29) is 29.0 Å². The summed E-state index contributed by atoms with van der Waals surface area (Å²) >= 11 is 1.43. The number of carbonyl (C=O) groups excluding carboxylic acids is 2. The van der Waals surface area contributed by atoms with Crippen LogP contribution in [0.15, 0.2) is 34.9 Å². The third-order valence-electron chi connectivity index (χ3n) is 4.78. The van der Waals surface area contributed by atoms with Gasteiger partial charge in [0.05, 0.1) is 11.4 Å². The minimum atomic E-state index is -4.57. The number of likely N-dealkylation sites (N-methyl/N-ethyl adjacent to an activating group) is 1. The number of aromatic nitrogens is 1. The molecule has 0 radical (unpaired) electrons. The van der Waals surface area contributed by atoms with Crippen LogP contribution in [0, 0.1) is 0 Å². The van der Waals surface area contributed by atoms with Crippen LogP contribution in [0.3, 0.4) is 0 Å². The Kier molecular flexibility index (Phi) is 5.92. The highest BCUT2D eigenvalue weighted by atomic mass is 32.2. The van der Waals surface area contributed by atoms with Crippen LogP contribution < -0.4 is 0 Å². The topological polar surface area (TPSA) is 66.7 Å². The molecule has 2 aromatic rings. The molecule has 1 saturated heterocycles. The summed E-state index contributed by atoms with van der Waals surface area (Å²) in [5.41, 5.74) is -1.21. The van der Waals surface area contributed by atoms with Gasteiger partial charge in [-0.1, -0.05) is 23.4 Å². The van der Waals surface area contributed by atoms with Crippen molar-refractivity contribution in [3.63, 3.8) is 0 Å². The summed E-state index contributed by atoms with van der Waals surface area (Å²) in [4.78, 5) is 28.5. The van der Waals surface area contributed by atoms with E-state index in [0.717, 1.165) is 6.07 Å². The molecule has 3 rings (SSSR count). The minimum Gasteiger partial charge on any atom is -0.355 e. The maximum absolute atomic E-state index is 13.2. The van der Waals surface area contributed by atoms with Gasteiger partial charge in [0.15, 0.2) is 11.5 Å². The van der Waals surface area contributed by atoms with Gasteiger partial charge in [-0.3, -0.25) is 9.59 Å². The minimum absolute atomic E-state index is 0.0254. The number of hydrogen-bond acceptors (Lipinski definition) is 5. The van der Waals surface area contributed by atoms with E-state index in [9.17, 15) is 22.8 Å². The zero-order valence-corrected chi connectivity index (χ0v) is 16.9. The first-order chi connectivity index (χ1) is 13.6. The van der Waals surface area contributed by atoms with E-state index in [1.165, 1.54) is 40.9 Å². The molecular formula is C19H20F3N3O3S. The largest absolute Gasteiger partial charge is 0.417 e. The second kappa shape index (κ2) is 8.10. The van der Waals surface area contributed by atoms with Crippen LogP contribution in [0.5, 0.6) is 0 Å². The summed E-state index contributed by atoms with van der Waals surface area (Å²) in [5, 5.41) is 3.67. The van der Waals surface area contributed by atoms with E-state index in [1.54, 1.807) is 11.9 Å². The highest BCUT2D eigenvalue weighted by Crippen LogP contribution is 2.37. The van der Waals surface area contributed by atoms with E-state index in [1.807, 2.05) is 13.8 Å². The first-order valence-electron chi connectivity index (χ1n) is 8.90. The van der Waals surface area contributed by atoms with Crippen LogP contribution in [-0.4, -0.2) is 57.5 Å². The smallest absolute Gasteiger partial charge is 0.355 e. The molecule has 1 aliphatic heterocycles. The van der Waals surface area contributed by atoms with E-state index in [2.05, 4.69) is 5.16 Å². The highest BCUT2D eigenvalue weighted by molar-refractivity contribution is 7.99. The summed E-state index contributed by atoms with van der Waals surface area (Å²) < 4.78 is 44.8. The van der Waals surface area contributed by atoms with Crippen molar-refractivity contribution in [2.75, 3.05) is 18.7 Å². The van der Waals surface area contributed by atoms with Gasteiger partial charge >= 0.3 is 6.18 Å². The fourth-order valence-corrected chi connectivity index (χ4v) is 4.08. The van der Waals surface area contributed by atoms with Crippen LogP contribution in [0.25, 0.3) is 11.3 Å². The Labute approximate surface area is 170 Å². The Bertz CT molecular complexity index is 913. The third-order valence-corrected chi connectivity index (χ3v) is 5.79. The molecule has 0 spiro atoms. The molecule has 0 bridgehead atoms. The van der Waals surface area contributed by atoms with Gasteiger partial charge in [-0.15, -0.1) is 11.8 Å². The quantitative estimate of drug-likeness (QED) is 0.744. The average Bonchev–Trinajstić information content (AvgIpc) is 3.35. The fraction of sp³-hybridized carbons (Fsp3) is 0.421. The second-order valence-corrected chi connectivity index (χ2v) is 7.95. The Balaban J connectivity index is 1.86. The lowest BCUT2D eigenvalue weighted by Gasteiger charge is -2.29. The fourth-order valence-electron chi connectivity index (χ4n) is 2.93. The van der Waals surface area contributed by atoms with E-state index >= 15 is 0 Å². The van der Waals surface area contributed by atoms with Crippen molar-refractivity contribution in [3.8, 4) is 11.3 Å². The van der Waals surface area contributed by atoms with Crippen molar-refractivity contribution in [2.24, 2.45) is 0 Å². The Morgan fingerprint density at radius 1 is 1.31 bits per heavy atom. The number of halogens is 3. The zero-order valence-electron chi connectivity index (χ0n) is 16.1. The van der Waals surface area contributed by atoms with Gasteiger partial charge in [0.2, 0.25) is 5.91 Å². The summed E-state index contributed by atoms with van der Waals surface area (Å²) in [7, 11) is 1.67. The molecule has 1 aromatic heterocycles. The van der Waals surface area contributed by atoms with Crippen LogP contribution in [0.4, 0.5) is 13.2 Å². The molecule has 1 aromatic carbocycles. The van der Waals surface area contributed by atoms with Gasteiger partial charge in [0.25, 0.3) is 5.91 Å². The molecule has 156 valence electrons. The summed E-state index contributed by atoms with van der Waals surface area (Å²) in [6.45, 7) is 3.74. The number of rotatable bonds is 4. The van der Waals surface area contributed by atoms with E-state index in [4.69, 9.17) is 4.52 Å². The van der Waals surface area contributed by atoms with Crippen LogP contribution in [0.2, 0.25) is 0 Å². The normalized spacial score (nSPS) is 17.1. The number of alkyl halides is 3. The van der Waals surface area contributed by atoms with Crippen LogP contribution in [-0.2, 0) is 11.0 Å². The number of nitrogens with zero attached hydrogens (tertiary/aromatic N) is 3. The van der Waals surface area contributed by atoms with Crippen molar-refractivity contribution < 1.29 is 27.3 Å². The Morgan fingerprint density at radius 3 is 2.66 bits per heavy atom. The lowest BCUT2D eigenvalue weighted by molar-refractivity contribution is -0.137. The Hall–Kier alpha value is -2.49. The molecule has 2 amide bonds. The molecule has 1 aliphatic rings. The SMILES string of the molecule is CC(C)N(C)C(=O)C1CSCN1C(=O)c1cc(-c2ccccc2C(F)(F)F)on1. The van der Waals surface area contributed by atoms with Gasteiger partial charge in [-0.2, -0.15) is 13.2 Å². The summed E-state index contributed by atoms with van der Waals surface area (Å²) in [5.74, 6) is -0.157. The van der Waals surface area contributed by atoms with Gasteiger partial charge in [0, 0.05) is 30.5 Å². The molecular weight excluding hydrogens is 407 g/mol. The molecule has 1 fully saturated rings. The van der Waals surface area contributed by atoms with Crippen molar-refractivity contribution in [1.82, 2.24) is 15.0 Å². The number of thioether (sulfide) groups is 1. The number of benzene rings is 1. The predicted molar refractivity (Wildman–Crippen MR) is 102 cm³/mol. The van der Waals surface area contributed by atoms with Gasteiger partial charge in [-0.05, 0) is 19.9 Å². The summed E-state index contributed by atoms with van der Waals surface area (Å²) in [6.07, 6.45) is -4.57. The first kappa shape index (κ1) is 21.2. The molecule has 10 heteroatoms. The van der Waals surface area contributed by atoms with Crippen molar-refractivity contribution in [3.05, 3.63) is 41.6 Å². The van der Waals surface area contributed by atoms with Crippen molar-refractivity contribution in [1.29, 1.82) is 0 Å². The standard InChI is InChI=1S/C19H20F3N3O3S/c1-11(2)24(3)18(27)15-9-29-10-25(15)17(26)14-8-16(28-23-14)12-6-4-5-7-13(12)19(20,21)22/h4-8,11,15H,9-10H2,1-3H3. The zero-order chi connectivity index (χ0) is 21.3. The molecule has 0 saturated carbocycles. The van der Waals surface area contributed by atoms with Gasteiger partial charge in [0.1, 0.15) is 6.04 Å². The van der Waals surface area contributed by atoms with E-state index in [0.29, 0.717) is 11.6 Å². The Morgan fingerprint density at radius 2 is 2.00 bits per heavy atom. The van der Waals surface area contributed by atoms with E-state index < -0.39 is 23.7 Å². The summed E-state index contributed by atoms with van der Waals surface area (Å²) in [6, 6.07) is 5.42. The monoisotopic (exact) mass is 427 g/mol. The molecule has 2 heterocycles. The maximum Gasteiger partial charge on any atom is 0.417 e. The third kappa shape index (κ3) is 4.26. The van der Waals surface area contributed by atoms with Gasteiger partial charge < -0.3 is 14.3 Å². The average molecular weight is 427 g/mol. The lowest BCUT2D eigenvalue weighted by atomic mass is 10.0. The second-order valence-electron chi connectivity index (χ2n) is 6.95. The number of hydrogen-bond donors (Lipinski definition) is 0. The maximum atomic E-state index is 13.2. The van der Waals surface area contributed by atoms with Crippen LogP contribution in [0.1, 0.15) is 29.9 Å². The van der Waals surface area contributed by atoms with Crippen LogP contribution >= 0.6 is 11.8 Å². The predicted octanol–water partition coefficient (Wildman–Crippen LogP) is 3.74. The number of carbonyl (C=O) groups is 2. The first-order valence-corrected chi connectivity index (χ1v) is 10.1. The van der Waals surface area contributed by atoms with Gasteiger partial charge in [-0.25, -0.2) is 0 Å². The lowest BCUT2D eigenvalue weighted by Crippen LogP contribution is -2.49. The molecule has 1 unspecified atom stereocenters. The molecule has 29 heavy (non-hydrogen) atoms. The highest BCUT2D eigenvalue weighted by Gasteiger charge is 2.39. The molecule has 0 aliphatic carbocycles. The number of amides is 2. The molecule has 1 atom stereocenters. The van der Waals surface area contributed by atoms with Crippen molar-refractivity contribution >= 4 is 23.6 Å². The molecule has 0 N–H and O–H groups in total. The van der Waals surface area contributed by atoms with Crippen molar-refractivity contribution in [2.45, 2.75) is 32.1 Å².